The topological polar surface area (TPSA) is 77.5 Å². The Labute approximate surface area is 155 Å². The van der Waals surface area contributed by atoms with E-state index in [1.54, 1.807) is 0 Å². The number of amides is 1. The maximum absolute atomic E-state index is 12.4. The van der Waals surface area contributed by atoms with Gasteiger partial charge in [-0.25, -0.2) is 4.79 Å². The van der Waals surface area contributed by atoms with E-state index in [4.69, 9.17) is 32.7 Å². The number of ether oxygens (including phenoxy) is 2. The van der Waals surface area contributed by atoms with Gasteiger partial charge in [0.1, 0.15) is 9.36 Å². The fourth-order valence-electron chi connectivity index (χ4n) is 2.34. The third-order valence-corrected chi connectivity index (χ3v) is 5.16. The summed E-state index contributed by atoms with van der Waals surface area (Å²) in [5.74, 6) is -0.920. The van der Waals surface area contributed by atoms with Gasteiger partial charge in [0.05, 0.1) is 6.10 Å². The summed E-state index contributed by atoms with van der Waals surface area (Å²) < 4.78 is 14.9. The van der Waals surface area contributed by atoms with Crippen molar-refractivity contribution in [3.8, 4) is 0 Å². The summed E-state index contributed by atoms with van der Waals surface area (Å²) in [6.07, 6.45) is 1.43. The van der Waals surface area contributed by atoms with E-state index in [-0.39, 0.29) is 33.0 Å². The minimum absolute atomic E-state index is 0.0242. The van der Waals surface area contributed by atoms with Crippen LogP contribution >= 0.6 is 34.7 Å². The summed E-state index contributed by atoms with van der Waals surface area (Å²) in [4.78, 5) is 24.6. The van der Waals surface area contributed by atoms with Crippen molar-refractivity contribution >= 4 is 46.6 Å². The molecule has 0 aromatic carbocycles. The number of nitrogens with one attached hydrogen (secondary N) is 1. The highest BCUT2D eigenvalue weighted by Gasteiger charge is 2.28. The fraction of sp³-hybridized carbons (Fsp3) is 0.667. The molecule has 0 radical (unpaired) electrons. The molecule has 0 saturated carbocycles. The van der Waals surface area contributed by atoms with Crippen molar-refractivity contribution in [3.05, 3.63) is 15.1 Å². The second-order valence-corrected chi connectivity index (χ2v) is 7.78. The summed E-state index contributed by atoms with van der Waals surface area (Å²) in [6.45, 7) is 5.02. The summed E-state index contributed by atoms with van der Waals surface area (Å²) >= 11 is 12.6. The van der Waals surface area contributed by atoms with Crippen LogP contribution in [-0.4, -0.2) is 41.6 Å². The van der Waals surface area contributed by atoms with Gasteiger partial charge in [0.25, 0.3) is 5.91 Å². The molecule has 24 heavy (non-hydrogen) atoms. The summed E-state index contributed by atoms with van der Waals surface area (Å²) in [5.41, 5.74) is -0.0626. The fourth-order valence-corrected chi connectivity index (χ4v) is 3.32. The van der Waals surface area contributed by atoms with E-state index in [1.807, 2.05) is 13.8 Å². The molecule has 1 aliphatic heterocycles. The Morgan fingerprint density at radius 1 is 1.46 bits per heavy atom. The van der Waals surface area contributed by atoms with E-state index < -0.39 is 12.1 Å². The molecule has 2 rings (SSSR count). The number of carbonyl (C=O) groups excluding carboxylic acids is 2. The molecule has 134 valence electrons. The molecule has 1 aromatic rings. The Morgan fingerprint density at radius 3 is 2.75 bits per heavy atom. The molecule has 0 unspecified atom stereocenters. The quantitative estimate of drug-likeness (QED) is 0.717. The Bertz CT molecular complexity index is 588. The monoisotopic (exact) mass is 394 g/mol. The third-order valence-electron chi connectivity index (χ3n) is 3.55. The molecule has 1 aliphatic rings. The zero-order chi connectivity index (χ0) is 17.7. The first kappa shape index (κ1) is 19.4. The first-order valence-corrected chi connectivity index (χ1v) is 9.32. The lowest BCUT2D eigenvalue weighted by molar-refractivity contribution is -0.131. The van der Waals surface area contributed by atoms with Gasteiger partial charge in [0.2, 0.25) is 0 Å². The molecule has 0 spiro atoms. The van der Waals surface area contributed by atoms with Crippen LogP contribution in [0.4, 0.5) is 0 Å². The number of esters is 1. The molecule has 2 heterocycles. The minimum Gasteiger partial charge on any atom is -0.447 e. The Hall–Kier alpha value is -0.890. The molecule has 1 fully saturated rings. The van der Waals surface area contributed by atoms with Crippen LogP contribution < -0.4 is 5.32 Å². The van der Waals surface area contributed by atoms with Crippen LogP contribution in [0.3, 0.4) is 0 Å². The highest BCUT2D eigenvalue weighted by atomic mass is 35.5. The van der Waals surface area contributed by atoms with Crippen molar-refractivity contribution in [1.29, 1.82) is 0 Å². The van der Waals surface area contributed by atoms with E-state index in [0.29, 0.717) is 19.6 Å². The van der Waals surface area contributed by atoms with E-state index in [2.05, 4.69) is 9.69 Å². The van der Waals surface area contributed by atoms with Crippen LogP contribution in [0.2, 0.25) is 9.36 Å². The van der Waals surface area contributed by atoms with Gasteiger partial charge in [-0.05, 0) is 36.7 Å². The number of carbonyl (C=O) groups is 2. The Balaban J connectivity index is 1.97. The van der Waals surface area contributed by atoms with Gasteiger partial charge in [-0.1, -0.05) is 37.0 Å². The average Bonchev–Trinajstić information content (AvgIpc) is 3.15. The molecule has 2 atom stereocenters. The van der Waals surface area contributed by atoms with E-state index >= 15 is 0 Å². The molecule has 1 N–H and O–H groups in total. The lowest BCUT2D eigenvalue weighted by Crippen LogP contribution is -2.41. The highest BCUT2D eigenvalue weighted by molar-refractivity contribution is 7.11. The summed E-state index contributed by atoms with van der Waals surface area (Å²) in [5, 5.41) is 2.84. The zero-order valence-corrected chi connectivity index (χ0v) is 15.8. The number of aromatic nitrogens is 1. The van der Waals surface area contributed by atoms with Gasteiger partial charge < -0.3 is 14.8 Å². The number of hydrogen-bond acceptors (Lipinski definition) is 6. The molecule has 1 amide bonds. The Morgan fingerprint density at radius 2 is 2.21 bits per heavy atom. The SMILES string of the molecule is CC(C)C[C@H](OC(=O)c1nsc(Cl)c1Cl)C(=O)NC[C@@H]1CCCO1. The maximum Gasteiger partial charge on any atom is 0.360 e. The second kappa shape index (κ2) is 8.99. The first-order valence-electron chi connectivity index (χ1n) is 7.79. The third kappa shape index (κ3) is 5.31. The van der Waals surface area contributed by atoms with Crippen LogP contribution in [0, 0.1) is 5.92 Å². The second-order valence-electron chi connectivity index (χ2n) is 6.02. The van der Waals surface area contributed by atoms with Gasteiger partial charge in [-0.15, -0.1) is 0 Å². The molecular weight excluding hydrogens is 375 g/mol. The lowest BCUT2D eigenvalue weighted by Gasteiger charge is -2.20. The van der Waals surface area contributed by atoms with E-state index in [0.717, 1.165) is 24.4 Å². The average molecular weight is 395 g/mol. The number of nitrogens with zero attached hydrogens (tertiary/aromatic N) is 1. The minimum atomic E-state index is -0.907. The van der Waals surface area contributed by atoms with Crippen molar-refractivity contribution in [2.24, 2.45) is 5.92 Å². The maximum atomic E-state index is 12.4. The molecular formula is C15H20Cl2N2O4S. The van der Waals surface area contributed by atoms with E-state index in [9.17, 15) is 9.59 Å². The molecule has 0 aliphatic carbocycles. The smallest absolute Gasteiger partial charge is 0.360 e. The van der Waals surface area contributed by atoms with Crippen LogP contribution in [-0.2, 0) is 14.3 Å². The molecule has 1 aromatic heterocycles. The van der Waals surface area contributed by atoms with Crippen molar-refractivity contribution in [3.63, 3.8) is 0 Å². The van der Waals surface area contributed by atoms with Crippen LogP contribution in [0.1, 0.15) is 43.6 Å². The number of hydrogen-bond donors (Lipinski definition) is 1. The number of halogens is 2. The molecule has 1 saturated heterocycles. The van der Waals surface area contributed by atoms with Gasteiger partial charge in [0.15, 0.2) is 11.8 Å². The number of rotatable bonds is 7. The van der Waals surface area contributed by atoms with Crippen molar-refractivity contribution in [2.45, 2.75) is 45.3 Å². The molecule has 9 heteroatoms. The predicted octanol–water partition coefficient (Wildman–Crippen LogP) is 3.32. The van der Waals surface area contributed by atoms with Crippen molar-refractivity contribution < 1.29 is 19.1 Å². The first-order chi connectivity index (χ1) is 11.4. The Kier molecular flexibility index (Phi) is 7.28. The van der Waals surface area contributed by atoms with Crippen LogP contribution in [0.15, 0.2) is 0 Å². The van der Waals surface area contributed by atoms with Crippen LogP contribution in [0.25, 0.3) is 0 Å². The summed E-state index contributed by atoms with van der Waals surface area (Å²) in [7, 11) is 0. The predicted molar refractivity (Wildman–Crippen MR) is 92.8 cm³/mol. The summed E-state index contributed by atoms with van der Waals surface area (Å²) in [6, 6.07) is 0. The highest BCUT2D eigenvalue weighted by Crippen LogP contribution is 2.30. The largest absolute Gasteiger partial charge is 0.447 e. The molecule has 0 bridgehead atoms. The van der Waals surface area contributed by atoms with Gasteiger partial charge in [-0.2, -0.15) is 4.37 Å². The van der Waals surface area contributed by atoms with Crippen LogP contribution in [0.5, 0.6) is 0 Å². The van der Waals surface area contributed by atoms with Crippen molar-refractivity contribution in [2.75, 3.05) is 13.2 Å². The zero-order valence-electron chi connectivity index (χ0n) is 13.5. The van der Waals surface area contributed by atoms with Gasteiger partial charge >= 0.3 is 5.97 Å². The lowest BCUT2D eigenvalue weighted by atomic mass is 10.1. The molecule has 6 nitrogen and oxygen atoms in total. The standard InChI is InChI=1S/C15H20Cl2N2O4S/c1-8(2)6-10(14(20)18-7-9-4-3-5-22-9)23-15(21)12-11(16)13(17)24-19-12/h8-10H,3-7H2,1-2H3,(H,18,20)/t9-,10-/m0/s1. The van der Waals surface area contributed by atoms with Crippen molar-refractivity contribution in [1.82, 2.24) is 9.69 Å². The van der Waals surface area contributed by atoms with Gasteiger partial charge in [-0.3, -0.25) is 4.79 Å². The van der Waals surface area contributed by atoms with E-state index in [1.165, 1.54) is 0 Å². The van der Waals surface area contributed by atoms with Gasteiger partial charge in [0, 0.05) is 13.2 Å². The normalized spacial score (nSPS) is 18.6.